The Balaban J connectivity index is 4.63. The Hall–Kier alpha value is -2.69. The van der Waals surface area contributed by atoms with Crippen LogP contribution in [0.1, 0.15) is 40.5 Å². The number of carbonyl (C=O) groups is 5. The van der Waals surface area contributed by atoms with Crippen LogP contribution in [0.15, 0.2) is 0 Å². The molecule has 0 rings (SSSR count). The third-order valence-electron chi connectivity index (χ3n) is 2.92. The molecule has 0 aromatic heterocycles. The maximum atomic E-state index is 11.9. The van der Waals surface area contributed by atoms with Gasteiger partial charge in [0.25, 0.3) is 0 Å². The van der Waals surface area contributed by atoms with Crippen molar-refractivity contribution in [2.75, 3.05) is 0 Å². The van der Waals surface area contributed by atoms with Gasteiger partial charge in [0.05, 0.1) is 18.9 Å². The van der Waals surface area contributed by atoms with E-state index in [1.165, 1.54) is 6.92 Å². The van der Waals surface area contributed by atoms with Crippen molar-refractivity contribution in [2.45, 2.75) is 64.3 Å². The number of nitrogens with two attached hydrogens (primary N) is 2. The maximum absolute atomic E-state index is 11.9. The molecule has 7 N–H and O–H groups in total. The second-order valence-electron chi connectivity index (χ2n) is 6.70. The summed E-state index contributed by atoms with van der Waals surface area (Å²) < 4.78 is 5.04. The van der Waals surface area contributed by atoms with Gasteiger partial charge >= 0.3 is 11.9 Å². The Kier molecular flexibility index (Phi) is 8.70. The fraction of sp³-hybridized carbons (Fsp3) is 0.667. The number of esters is 1. The second kappa shape index (κ2) is 9.70. The molecule has 0 spiro atoms. The molecule has 3 atom stereocenters. The van der Waals surface area contributed by atoms with E-state index in [0.717, 1.165) is 0 Å². The quantitative estimate of drug-likeness (QED) is 0.286. The molecule has 0 aliphatic heterocycles. The zero-order valence-electron chi connectivity index (χ0n) is 15.2. The smallest absolute Gasteiger partial charge is 0.326 e. The number of ether oxygens (including phenoxy) is 1. The fourth-order valence-corrected chi connectivity index (χ4v) is 1.74. The van der Waals surface area contributed by atoms with Crippen molar-refractivity contribution in [3.8, 4) is 0 Å². The van der Waals surface area contributed by atoms with Gasteiger partial charge in [-0.3, -0.25) is 19.2 Å². The van der Waals surface area contributed by atoms with Crippen molar-refractivity contribution in [3.05, 3.63) is 0 Å². The van der Waals surface area contributed by atoms with Crippen LogP contribution in [0.25, 0.3) is 0 Å². The van der Waals surface area contributed by atoms with Crippen LogP contribution in [0.4, 0.5) is 0 Å². The van der Waals surface area contributed by atoms with Gasteiger partial charge in [0.1, 0.15) is 17.7 Å². The van der Waals surface area contributed by atoms with E-state index in [4.69, 9.17) is 21.3 Å². The van der Waals surface area contributed by atoms with Gasteiger partial charge in [0, 0.05) is 0 Å². The van der Waals surface area contributed by atoms with Crippen molar-refractivity contribution >= 4 is 29.7 Å². The van der Waals surface area contributed by atoms with Gasteiger partial charge < -0.3 is 31.9 Å². The predicted molar refractivity (Wildman–Crippen MR) is 89.4 cm³/mol. The van der Waals surface area contributed by atoms with E-state index in [2.05, 4.69) is 10.6 Å². The third kappa shape index (κ3) is 9.57. The van der Waals surface area contributed by atoms with Crippen LogP contribution in [0.3, 0.4) is 0 Å². The Labute approximate surface area is 150 Å². The first kappa shape index (κ1) is 23.3. The Morgan fingerprint density at radius 3 is 2.00 bits per heavy atom. The molecule has 148 valence electrons. The lowest BCUT2D eigenvalue weighted by Gasteiger charge is -2.22. The minimum absolute atomic E-state index is 0.392. The van der Waals surface area contributed by atoms with Gasteiger partial charge in [-0.2, -0.15) is 0 Å². The maximum Gasteiger partial charge on any atom is 0.326 e. The molecule has 0 unspecified atom stereocenters. The lowest BCUT2D eigenvalue weighted by atomic mass is 10.1. The number of hydrogen-bond donors (Lipinski definition) is 5. The van der Waals surface area contributed by atoms with E-state index in [-0.39, 0.29) is 0 Å². The first-order valence-corrected chi connectivity index (χ1v) is 7.82. The van der Waals surface area contributed by atoms with Crippen LogP contribution < -0.4 is 22.1 Å². The molecule has 0 saturated carbocycles. The van der Waals surface area contributed by atoms with E-state index in [9.17, 15) is 24.0 Å². The highest BCUT2D eigenvalue weighted by Gasteiger charge is 2.28. The molecule has 0 radical (unpaired) electrons. The average Bonchev–Trinajstić information content (AvgIpc) is 2.43. The third-order valence-corrected chi connectivity index (χ3v) is 2.92. The number of hydrogen-bond acceptors (Lipinski definition) is 7. The van der Waals surface area contributed by atoms with Gasteiger partial charge in [-0.15, -0.1) is 0 Å². The van der Waals surface area contributed by atoms with Crippen LogP contribution in [-0.4, -0.2) is 58.5 Å². The molecule has 0 heterocycles. The molecule has 0 aliphatic carbocycles. The largest absolute Gasteiger partial charge is 0.480 e. The Morgan fingerprint density at radius 2 is 1.58 bits per heavy atom. The molecule has 11 nitrogen and oxygen atoms in total. The molecular weight excluding hydrogens is 348 g/mol. The van der Waals surface area contributed by atoms with Gasteiger partial charge in [-0.1, -0.05) is 0 Å². The van der Waals surface area contributed by atoms with Crippen LogP contribution in [0.5, 0.6) is 0 Å². The standard InChI is InChI=1S/C15H26N4O7/c1-7(12(22)19-9(14(24)25)6-10(17)20)18-13(23)8(16)5-11(21)26-15(2,3)4/h7-9H,5-6,16H2,1-4H3,(H2,17,20)(H,18,23)(H,19,22)(H,24,25)/t7-,8-,9-/m0/s1. The van der Waals surface area contributed by atoms with Gasteiger partial charge in [-0.25, -0.2) is 4.79 Å². The summed E-state index contributed by atoms with van der Waals surface area (Å²) in [6.45, 7) is 6.27. The molecule has 0 bridgehead atoms. The van der Waals surface area contributed by atoms with Crippen molar-refractivity contribution in [2.24, 2.45) is 11.5 Å². The highest BCUT2D eigenvalue weighted by atomic mass is 16.6. The number of carboxylic acids is 1. The Morgan fingerprint density at radius 1 is 1.04 bits per heavy atom. The highest BCUT2D eigenvalue weighted by Crippen LogP contribution is 2.09. The molecule has 0 fully saturated rings. The molecule has 0 aliphatic rings. The van der Waals surface area contributed by atoms with Crippen molar-refractivity contribution in [1.29, 1.82) is 0 Å². The van der Waals surface area contributed by atoms with Crippen molar-refractivity contribution < 1.29 is 33.8 Å². The van der Waals surface area contributed by atoms with E-state index < -0.39 is 66.2 Å². The molecule has 11 heteroatoms. The van der Waals surface area contributed by atoms with Crippen LogP contribution >= 0.6 is 0 Å². The Bertz CT molecular complexity index is 571. The highest BCUT2D eigenvalue weighted by molar-refractivity contribution is 5.93. The van der Waals surface area contributed by atoms with E-state index in [1.807, 2.05) is 0 Å². The predicted octanol–water partition coefficient (Wildman–Crippen LogP) is -2.00. The lowest BCUT2D eigenvalue weighted by molar-refractivity contribution is -0.156. The van der Waals surface area contributed by atoms with Crippen molar-refractivity contribution in [1.82, 2.24) is 10.6 Å². The molecule has 0 aromatic carbocycles. The number of rotatable bonds is 9. The average molecular weight is 374 g/mol. The van der Waals surface area contributed by atoms with E-state index in [1.54, 1.807) is 20.8 Å². The van der Waals surface area contributed by atoms with E-state index in [0.29, 0.717) is 0 Å². The lowest BCUT2D eigenvalue weighted by Crippen LogP contribution is -2.54. The molecule has 0 saturated heterocycles. The number of aliphatic carboxylic acids is 1. The summed E-state index contributed by atoms with van der Waals surface area (Å²) in [5.74, 6) is -4.67. The summed E-state index contributed by atoms with van der Waals surface area (Å²) >= 11 is 0. The monoisotopic (exact) mass is 374 g/mol. The molecule has 0 aromatic rings. The second-order valence-corrected chi connectivity index (χ2v) is 6.70. The summed E-state index contributed by atoms with van der Waals surface area (Å²) in [6, 6.07) is -3.92. The van der Waals surface area contributed by atoms with Crippen LogP contribution in [0.2, 0.25) is 0 Å². The van der Waals surface area contributed by atoms with E-state index >= 15 is 0 Å². The first-order chi connectivity index (χ1) is 11.7. The zero-order valence-corrected chi connectivity index (χ0v) is 15.2. The zero-order chi connectivity index (χ0) is 20.7. The van der Waals surface area contributed by atoms with Gasteiger partial charge in [0.15, 0.2) is 0 Å². The van der Waals surface area contributed by atoms with Gasteiger partial charge in [0.2, 0.25) is 17.7 Å². The summed E-state index contributed by atoms with van der Waals surface area (Å²) in [6.07, 6.45) is -0.989. The minimum Gasteiger partial charge on any atom is -0.480 e. The summed E-state index contributed by atoms with van der Waals surface area (Å²) in [5.41, 5.74) is 9.78. The van der Waals surface area contributed by atoms with Crippen LogP contribution in [-0.2, 0) is 28.7 Å². The van der Waals surface area contributed by atoms with Crippen molar-refractivity contribution in [3.63, 3.8) is 0 Å². The first-order valence-electron chi connectivity index (χ1n) is 7.82. The summed E-state index contributed by atoms with van der Waals surface area (Å²) in [5, 5.41) is 13.3. The normalized spacial score (nSPS) is 14.5. The molecule has 26 heavy (non-hydrogen) atoms. The number of nitrogens with one attached hydrogen (secondary N) is 2. The fourth-order valence-electron chi connectivity index (χ4n) is 1.74. The number of primary amides is 1. The minimum atomic E-state index is -1.52. The number of amides is 3. The molecule has 3 amide bonds. The SMILES string of the molecule is C[C@H](NC(=O)[C@@H](N)CC(=O)OC(C)(C)C)C(=O)N[C@@H](CC(N)=O)C(=O)O. The van der Waals surface area contributed by atoms with Gasteiger partial charge in [-0.05, 0) is 27.7 Å². The van der Waals surface area contributed by atoms with Crippen LogP contribution in [0, 0.1) is 0 Å². The number of carbonyl (C=O) groups excluding carboxylic acids is 4. The number of carboxylic acid groups (broad SMARTS) is 1. The summed E-state index contributed by atoms with van der Waals surface area (Å²) in [4.78, 5) is 57.3. The topological polar surface area (TPSA) is 191 Å². The molecular formula is C15H26N4O7. The summed E-state index contributed by atoms with van der Waals surface area (Å²) in [7, 11) is 0.